The van der Waals surface area contributed by atoms with Crippen LogP contribution in [0, 0.1) is 12.3 Å². The molecule has 0 bridgehead atoms. The molecule has 3 rings (SSSR count). The summed E-state index contributed by atoms with van der Waals surface area (Å²) in [5, 5.41) is 10.7. The minimum absolute atomic E-state index is 0.00913. The first-order valence-corrected chi connectivity index (χ1v) is 12.3. The molecule has 0 atom stereocenters. The summed E-state index contributed by atoms with van der Waals surface area (Å²) < 4.78 is 21.6. The largest absolute Gasteiger partial charge is 0.512 e. The normalized spacial score (nSPS) is 15.2. The van der Waals surface area contributed by atoms with Gasteiger partial charge in [-0.25, -0.2) is 0 Å². The second-order valence-corrected chi connectivity index (χ2v) is 9.63. The molecule has 1 aliphatic rings. The highest BCUT2D eigenvalue weighted by Gasteiger charge is 2.34. The average Bonchev–Trinajstić information content (AvgIpc) is 2.83. The van der Waals surface area contributed by atoms with Crippen LogP contribution < -0.4 is 4.74 Å². The van der Waals surface area contributed by atoms with Crippen molar-refractivity contribution in [1.29, 1.82) is 0 Å². The van der Waals surface area contributed by atoms with Gasteiger partial charge in [0, 0.05) is 12.8 Å². The molecule has 0 saturated carbocycles. The number of ketones is 1. The van der Waals surface area contributed by atoms with E-state index in [1.54, 1.807) is 0 Å². The number of hydrogen-bond donors (Lipinski definition) is 1. The molecular formula is C29H36O7. The van der Waals surface area contributed by atoms with E-state index in [4.69, 9.17) is 18.9 Å². The highest BCUT2D eigenvalue weighted by atomic mass is 16.6. The maximum atomic E-state index is 12.8. The van der Waals surface area contributed by atoms with Gasteiger partial charge in [0.25, 0.3) is 0 Å². The number of aldehydes is 1. The van der Waals surface area contributed by atoms with Crippen molar-refractivity contribution in [1.82, 2.24) is 0 Å². The fourth-order valence-electron chi connectivity index (χ4n) is 4.20. The lowest BCUT2D eigenvalue weighted by Crippen LogP contribution is -2.25. The van der Waals surface area contributed by atoms with Gasteiger partial charge >= 0.3 is 0 Å². The molecule has 7 nitrogen and oxygen atoms in total. The third-order valence-corrected chi connectivity index (χ3v) is 5.97. The van der Waals surface area contributed by atoms with Crippen molar-refractivity contribution in [2.24, 2.45) is 5.41 Å². The number of allylic oxidation sites excluding steroid dienone is 2. The highest BCUT2D eigenvalue weighted by molar-refractivity contribution is 6.22. The molecule has 1 N–H and O–H groups in total. The molecule has 0 heterocycles. The van der Waals surface area contributed by atoms with Gasteiger partial charge < -0.3 is 28.8 Å². The molecule has 2 aromatic rings. The number of Topliss-reactive ketones (excluding diaryl/α,β-unsaturated/α-hetero) is 1. The SMILES string of the molecule is Cc1ccc(-c2ccc(OCCOCCOCCOCC=O)cc2)cc1C1=C(O)CC(C)(C)CC1=O. The van der Waals surface area contributed by atoms with E-state index in [1.165, 1.54) is 0 Å². The summed E-state index contributed by atoms with van der Waals surface area (Å²) >= 11 is 0. The maximum absolute atomic E-state index is 12.8. The number of ether oxygens (including phenoxy) is 4. The molecular weight excluding hydrogens is 460 g/mol. The summed E-state index contributed by atoms with van der Waals surface area (Å²) in [6.07, 6.45) is 1.63. The zero-order valence-electron chi connectivity index (χ0n) is 21.4. The Labute approximate surface area is 213 Å². The first-order chi connectivity index (χ1) is 17.3. The van der Waals surface area contributed by atoms with Gasteiger partial charge in [-0.1, -0.05) is 38.1 Å². The van der Waals surface area contributed by atoms with E-state index in [1.807, 2.05) is 63.2 Å². The van der Waals surface area contributed by atoms with E-state index in [2.05, 4.69) is 0 Å². The van der Waals surface area contributed by atoms with Crippen LogP contribution in [0.1, 0.15) is 37.8 Å². The van der Waals surface area contributed by atoms with Gasteiger partial charge in [-0.3, -0.25) is 4.79 Å². The van der Waals surface area contributed by atoms with Gasteiger partial charge in [0.1, 0.15) is 31.0 Å². The summed E-state index contributed by atoms with van der Waals surface area (Å²) in [6, 6.07) is 13.8. The second-order valence-electron chi connectivity index (χ2n) is 9.63. The van der Waals surface area contributed by atoms with E-state index in [-0.39, 0.29) is 23.6 Å². The number of carbonyl (C=O) groups is 2. The van der Waals surface area contributed by atoms with Crippen molar-refractivity contribution in [2.45, 2.75) is 33.6 Å². The zero-order valence-corrected chi connectivity index (χ0v) is 21.4. The maximum Gasteiger partial charge on any atom is 0.167 e. The first-order valence-electron chi connectivity index (χ1n) is 12.3. The van der Waals surface area contributed by atoms with Crippen molar-refractivity contribution in [3.63, 3.8) is 0 Å². The van der Waals surface area contributed by atoms with Gasteiger partial charge in [0.15, 0.2) is 5.78 Å². The van der Waals surface area contributed by atoms with Crippen LogP contribution in [0.25, 0.3) is 16.7 Å². The first kappa shape index (κ1) is 27.6. The average molecular weight is 497 g/mol. The molecule has 0 aromatic heterocycles. The van der Waals surface area contributed by atoms with Crippen LogP contribution in [0.5, 0.6) is 5.75 Å². The third-order valence-electron chi connectivity index (χ3n) is 5.97. The molecule has 0 fully saturated rings. The van der Waals surface area contributed by atoms with Gasteiger partial charge in [-0.15, -0.1) is 0 Å². The number of benzene rings is 2. The number of aliphatic hydroxyl groups excluding tert-OH is 1. The Morgan fingerprint density at radius 2 is 1.47 bits per heavy atom. The lowest BCUT2D eigenvalue weighted by Gasteiger charge is -2.30. The van der Waals surface area contributed by atoms with E-state index in [0.29, 0.717) is 64.3 Å². The molecule has 0 spiro atoms. The summed E-state index contributed by atoms with van der Waals surface area (Å²) in [7, 11) is 0. The number of aliphatic hydroxyl groups is 1. The molecule has 2 aromatic carbocycles. The Balaban J connectivity index is 1.50. The van der Waals surface area contributed by atoms with Crippen molar-refractivity contribution < 1.29 is 33.6 Å². The van der Waals surface area contributed by atoms with Crippen LogP contribution in [0.15, 0.2) is 48.2 Å². The second kappa shape index (κ2) is 13.3. The predicted molar refractivity (Wildman–Crippen MR) is 138 cm³/mol. The molecule has 0 unspecified atom stereocenters. The minimum Gasteiger partial charge on any atom is -0.512 e. The Bertz CT molecular complexity index is 1050. The van der Waals surface area contributed by atoms with E-state index in [0.717, 1.165) is 28.0 Å². The molecule has 0 aliphatic heterocycles. The molecule has 0 amide bonds. The molecule has 1 aliphatic carbocycles. The molecule has 194 valence electrons. The summed E-state index contributed by atoms with van der Waals surface area (Å²) in [5.41, 5.74) is 3.95. The van der Waals surface area contributed by atoms with Crippen LogP contribution >= 0.6 is 0 Å². The van der Waals surface area contributed by atoms with Crippen LogP contribution in [0.4, 0.5) is 0 Å². The van der Waals surface area contributed by atoms with Crippen LogP contribution in [0.2, 0.25) is 0 Å². The summed E-state index contributed by atoms with van der Waals surface area (Å²) in [5.74, 6) is 0.908. The van der Waals surface area contributed by atoms with Gasteiger partial charge in [-0.2, -0.15) is 0 Å². The number of hydrogen-bond acceptors (Lipinski definition) is 7. The van der Waals surface area contributed by atoms with E-state index >= 15 is 0 Å². The van der Waals surface area contributed by atoms with Gasteiger partial charge in [-0.05, 0) is 52.8 Å². The van der Waals surface area contributed by atoms with Crippen molar-refractivity contribution >= 4 is 17.6 Å². The molecule has 7 heteroatoms. The lowest BCUT2D eigenvalue weighted by atomic mass is 9.74. The number of aryl methyl sites for hydroxylation is 1. The van der Waals surface area contributed by atoms with E-state index < -0.39 is 0 Å². The van der Waals surface area contributed by atoms with Crippen LogP contribution in [-0.2, 0) is 23.8 Å². The zero-order chi connectivity index (χ0) is 26.0. The smallest absolute Gasteiger partial charge is 0.167 e. The minimum atomic E-state index is -0.224. The van der Waals surface area contributed by atoms with Crippen molar-refractivity contribution in [2.75, 3.05) is 46.2 Å². The number of carbonyl (C=O) groups excluding carboxylic acids is 2. The van der Waals surface area contributed by atoms with Gasteiger partial charge in [0.2, 0.25) is 0 Å². The fourth-order valence-corrected chi connectivity index (χ4v) is 4.20. The Morgan fingerprint density at radius 3 is 2.11 bits per heavy atom. The topological polar surface area (TPSA) is 91.3 Å². The fraction of sp³-hybridized carbons (Fsp3) is 0.448. The Morgan fingerprint density at radius 1 is 0.861 bits per heavy atom. The molecule has 0 saturated heterocycles. The van der Waals surface area contributed by atoms with Crippen LogP contribution in [-0.4, -0.2) is 63.4 Å². The molecule has 0 radical (unpaired) electrons. The predicted octanol–water partition coefficient (Wildman–Crippen LogP) is 4.95. The monoisotopic (exact) mass is 496 g/mol. The van der Waals surface area contributed by atoms with E-state index in [9.17, 15) is 14.7 Å². The van der Waals surface area contributed by atoms with Crippen molar-refractivity contribution in [3.05, 3.63) is 59.4 Å². The third kappa shape index (κ3) is 8.01. The lowest BCUT2D eigenvalue weighted by molar-refractivity contribution is -0.116. The Kier molecular flexibility index (Phi) is 10.2. The summed E-state index contributed by atoms with van der Waals surface area (Å²) in [6.45, 7) is 8.64. The standard InChI is InChI=1S/C29H36O7/c1-21-4-5-23(18-25(21)28-26(31)19-29(2,3)20-27(28)32)22-6-8-24(9-7-22)36-17-16-35-15-14-34-13-12-33-11-10-30/h4-10,18,31H,11-17,19-20H2,1-3H3. The van der Waals surface area contributed by atoms with Crippen LogP contribution in [0.3, 0.4) is 0 Å². The summed E-state index contributed by atoms with van der Waals surface area (Å²) in [4.78, 5) is 23.0. The molecule has 36 heavy (non-hydrogen) atoms. The van der Waals surface area contributed by atoms with Gasteiger partial charge in [0.05, 0.1) is 38.6 Å². The highest BCUT2D eigenvalue weighted by Crippen LogP contribution is 2.40. The quantitative estimate of drug-likeness (QED) is 0.292. The Hall–Kier alpha value is -3.00. The number of rotatable bonds is 14. The van der Waals surface area contributed by atoms with Crippen molar-refractivity contribution in [3.8, 4) is 16.9 Å².